The maximum atomic E-state index is 9.52. The quantitative estimate of drug-likeness (QED) is 0.156. The number of fused-ring (bicyclic) bond motifs is 8. The molecule has 0 bridgehead atoms. The fraction of sp³-hybridized carbons (Fsp3) is 0.133. The molecule has 0 aliphatic rings. The van der Waals surface area contributed by atoms with Gasteiger partial charge in [-0.2, -0.15) is 5.26 Å². The molecule has 0 amide bonds. The molecule has 2 aromatic heterocycles. The van der Waals surface area contributed by atoms with E-state index in [1.165, 1.54) is 11.1 Å². The molecule has 0 unspecified atom stereocenters. The summed E-state index contributed by atoms with van der Waals surface area (Å²) in [6, 6.07) is 61.4. The molecule has 0 aliphatic carbocycles. The summed E-state index contributed by atoms with van der Waals surface area (Å²) in [5.41, 5.74) is 13.0. The maximum absolute atomic E-state index is 9.52. The van der Waals surface area contributed by atoms with Gasteiger partial charge in [-0.25, -0.2) is 4.85 Å². The van der Waals surface area contributed by atoms with E-state index in [4.69, 9.17) is 15.4 Å². The Bertz CT molecular complexity index is 3530. The topological polar surface area (TPSA) is 60.9 Å². The number of furan rings is 2. The first-order chi connectivity index (χ1) is 31.8. The van der Waals surface area contributed by atoms with Gasteiger partial charge in [0.05, 0.1) is 18.2 Å². The van der Waals surface area contributed by atoms with Crippen molar-refractivity contribution < 1.29 is 8.83 Å². The predicted molar refractivity (Wildman–Crippen MR) is 274 cm³/mol. The van der Waals surface area contributed by atoms with Gasteiger partial charge >= 0.3 is 0 Å². The molecule has 11 aromatic rings. The lowest BCUT2D eigenvalue weighted by Crippen LogP contribution is -2.13. The van der Waals surface area contributed by atoms with Crippen molar-refractivity contribution in [3.8, 4) is 6.07 Å². The Morgan fingerprint density at radius 2 is 0.773 bits per heavy atom. The molecule has 0 saturated heterocycles. The number of hydrogen-bond donors (Lipinski definition) is 0. The first-order valence-electron chi connectivity index (χ1n) is 22.3. The number of nitrogens with zero attached hydrogens (tertiary/aromatic N) is 4. The Morgan fingerprint density at radius 3 is 1.17 bits per heavy atom. The third-order valence-corrected chi connectivity index (χ3v) is 12.9. The van der Waals surface area contributed by atoms with Gasteiger partial charge in [0.1, 0.15) is 22.3 Å². The van der Waals surface area contributed by atoms with Gasteiger partial charge in [0.15, 0.2) is 5.69 Å². The smallest absolute Gasteiger partial charge is 0.187 e. The van der Waals surface area contributed by atoms with Gasteiger partial charge < -0.3 is 18.6 Å². The Labute approximate surface area is 384 Å². The lowest BCUT2D eigenvalue weighted by molar-refractivity contribution is 0.590. The number of hydrogen-bond acceptors (Lipinski definition) is 5. The SMILES string of the molecule is [C-]#[N+]c1ccc(N(c2ccc(C(C)(C)C)cc2)c2ccc3cc4c(cc3c2)oc2cc3oc5cc6cc(N(c7ccc(C#N)cc7)c7ccc(C(C)(C)C)cc7)ccc6cc5c3cc24)cc1. The fourth-order valence-corrected chi connectivity index (χ4v) is 9.26. The first-order valence-corrected chi connectivity index (χ1v) is 22.3. The molecule has 0 radical (unpaired) electrons. The summed E-state index contributed by atoms with van der Waals surface area (Å²) < 4.78 is 13.2. The minimum absolute atomic E-state index is 0.0346. The van der Waals surface area contributed by atoms with Crippen LogP contribution in [0.1, 0.15) is 58.2 Å². The van der Waals surface area contributed by atoms with Crippen LogP contribution in [0.15, 0.2) is 179 Å². The second-order valence-electron chi connectivity index (χ2n) is 19.4. The van der Waals surface area contributed by atoms with Gasteiger partial charge in [0.2, 0.25) is 0 Å². The summed E-state index contributed by atoms with van der Waals surface area (Å²) in [5.74, 6) is 0. The third-order valence-electron chi connectivity index (χ3n) is 12.9. The molecule has 0 N–H and O–H groups in total. The highest BCUT2D eigenvalue weighted by molar-refractivity contribution is 6.18. The summed E-state index contributed by atoms with van der Waals surface area (Å²) in [5, 5.41) is 18.0. The van der Waals surface area contributed by atoms with Crippen LogP contribution in [0, 0.1) is 17.9 Å². The molecule has 0 saturated carbocycles. The van der Waals surface area contributed by atoms with Crippen molar-refractivity contribution in [3.63, 3.8) is 0 Å². The summed E-state index contributed by atoms with van der Waals surface area (Å²) >= 11 is 0. The van der Waals surface area contributed by atoms with Crippen LogP contribution in [-0.2, 0) is 10.8 Å². The first kappa shape index (κ1) is 40.5. The second-order valence-corrected chi connectivity index (χ2v) is 19.4. The van der Waals surface area contributed by atoms with Crippen molar-refractivity contribution in [1.82, 2.24) is 0 Å². The molecule has 9 aromatic carbocycles. The van der Waals surface area contributed by atoms with Crippen LogP contribution in [0.4, 0.5) is 39.8 Å². The standard InChI is InChI=1S/C60H46N4O2/c1-59(2,3)42-12-22-46(23-13-42)63(45-18-8-37(36-61)9-19-45)49-20-10-38-30-51-53-34-54-52-31-39-11-21-50(29-41(39)33-56(52)66-58(54)35-57(53)65-55(51)32-40(38)28-49)64(48-26-16-44(62-7)17-27-48)47-24-14-43(15-25-47)60(4,5)6/h8-35H,1-6H3. The van der Waals surface area contributed by atoms with E-state index < -0.39 is 0 Å². The summed E-state index contributed by atoms with van der Waals surface area (Å²) in [4.78, 5) is 8.10. The van der Waals surface area contributed by atoms with E-state index in [0.29, 0.717) is 11.3 Å². The minimum atomic E-state index is 0.0346. The van der Waals surface area contributed by atoms with Crippen LogP contribution in [0.2, 0.25) is 0 Å². The average Bonchev–Trinajstić information content (AvgIpc) is 3.85. The van der Waals surface area contributed by atoms with Crippen LogP contribution < -0.4 is 9.80 Å². The molecule has 6 heteroatoms. The highest BCUT2D eigenvalue weighted by Crippen LogP contribution is 2.43. The summed E-state index contributed by atoms with van der Waals surface area (Å²) in [6.07, 6.45) is 0. The normalized spacial score (nSPS) is 12.1. The van der Waals surface area contributed by atoms with E-state index in [2.05, 4.69) is 178 Å². The minimum Gasteiger partial charge on any atom is -0.456 e. The Hall–Kier alpha value is -8.32. The Morgan fingerprint density at radius 1 is 0.409 bits per heavy atom. The van der Waals surface area contributed by atoms with Crippen molar-refractivity contribution in [2.45, 2.75) is 52.4 Å². The summed E-state index contributed by atoms with van der Waals surface area (Å²) in [7, 11) is 0. The molecule has 2 heterocycles. The zero-order valence-corrected chi connectivity index (χ0v) is 37.8. The van der Waals surface area contributed by atoms with E-state index in [1.807, 2.05) is 54.6 Å². The van der Waals surface area contributed by atoms with Crippen molar-refractivity contribution in [3.05, 3.63) is 198 Å². The van der Waals surface area contributed by atoms with Gasteiger partial charge in [-0.05, 0) is 159 Å². The zero-order chi connectivity index (χ0) is 45.5. The largest absolute Gasteiger partial charge is 0.456 e. The highest BCUT2D eigenvalue weighted by Gasteiger charge is 2.21. The van der Waals surface area contributed by atoms with E-state index in [9.17, 15) is 5.26 Å². The number of anilines is 6. The number of benzene rings is 9. The number of rotatable bonds is 6. The fourth-order valence-electron chi connectivity index (χ4n) is 9.26. The van der Waals surface area contributed by atoms with Gasteiger partial charge in [-0.1, -0.05) is 90.1 Å². The molecule has 11 rings (SSSR count). The molecule has 0 aliphatic heterocycles. The Kier molecular flexibility index (Phi) is 9.29. The lowest BCUT2D eigenvalue weighted by Gasteiger charge is -2.27. The van der Waals surface area contributed by atoms with Gasteiger partial charge in [0, 0.05) is 61.7 Å². The molecular weight excluding hydrogens is 809 g/mol. The third kappa shape index (κ3) is 7.05. The number of nitriles is 1. The van der Waals surface area contributed by atoms with E-state index in [-0.39, 0.29) is 10.8 Å². The van der Waals surface area contributed by atoms with Crippen molar-refractivity contribution >= 4 is 105 Å². The van der Waals surface area contributed by atoms with E-state index in [1.54, 1.807) is 0 Å². The van der Waals surface area contributed by atoms with Crippen LogP contribution >= 0.6 is 0 Å². The van der Waals surface area contributed by atoms with Gasteiger partial charge in [0.25, 0.3) is 0 Å². The average molecular weight is 855 g/mol. The molecule has 318 valence electrons. The summed E-state index contributed by atoms with van der Waals surface area (Å²) in [6.45, 7) is 20.9. The maximum Gasteiger partial charge on any atom is 0.187 e. The lowest BCUT2D eigenvalue weighted by atomic mass is 9.87. The van der Waals surface area contributed by atoms with Crippen LogP contribution in [0.3, 0.4) is 0 Å². The van der Waals surface area contributed by atoms with Crippen molar-refractivity contribution in [2.75, 3.05) is 9.80 Å². The van der Waals surface area contributed by atoms with Crippen molar-refractivity contribution in [2.24, 2.45) is 0 Å². The van der Waals surface area contributed by atoms with Crippen LogP contribution in [-0.4, -0.2) is 0 Å². The monoisotopic (exact) mass is 854 g/mol. The molecule has 0 spiro atoms. The molecular formula is C60H46N4O2. The molecule has 0 atom stereocenters. The van der Waals surface area contributed by atoms with Gasteiger partial charge in [-0.3, -0.25) is 0 Å². The molecule has 0 fully saturated rings. The predicted octanol–water partition coefficient (Wildman–Crippen LogP) is 17.7. The van der Waals surface area contributed by atoms with Gasteiger partial charge in [-0.15, -0.1) is 0 Å². The molecule has 66 heavy (non-hydrogen) atoms. The Balaban J connectivity index is 0.978. The van der Waals surface area contributed by atoms with Crippen molar-refractivity contribution in [1.29, 1.82) is 5.26 Å². The van der Waals surface area contributed by atoms with Crippen LogP contribution in [0.5, 0.6) is 0 Å². The van der Waals surface area contributed by atoms with E-state index >= 15 is 0 Å². The molecule has 6 nitrogen and oxygen atoms in total. The van der Waals surface area contributed by atoms with Crippen LogP contribution in [0.25, 0.3) is 70.3 Å². The van der Waals surface area contributed by atoms with E-state index in [0.717, 1.165) is 99.5 Å². The highest BCUT2D eigenvalue weighted by atomic mass is 16.3. The second kappa shape index (κ2) is 15.2. The zero-order valence-electron chi connectivity index (χ0n) is 37.8.